The molecule has 1 heterocycles. The van der Waals surface area contributed by atoms with Crippen molar-refractivity contribution in [1.29, 1.82) is 0 Å². The van der Waals surface area contributed by atoms with Gasteiger partial charge in [0.05, 0.1) is 15.9 Å². The van der Waals surface area contributed by atoms with Crippen LogP contribution in [0.1, 0.15) is 45.0 Å². The summed E-state index contributed by atoms with van der Waals surface area (Å²) in [5, 5.41) is 7.95. The van der Waals surface area contributed by atoms with Crippen LogP contribution in [0.4, 0.5) is 0 Å². The third-order valence-corrected chi connectivity index (χ3v) is 4.09. The van der Waals surface area contributed by atoms with Crippen molar-refractivity contribution >= 4 is 15.9 Å². The summed E-state index contributed by atoms with van der Waals surface area (Å²) in [7, 11) is 1.99. The minimum atomic E-state index is 0.555. The van der Waals surface area contributed by atoms with Crippen molar-refractivity contribution in [3.05, 3.63) is 15.9 Å². The fourth-order valence-electron chi connectivity index (χ4n) is 1.83. The summed E-state index contributed by atoms with van der Waals surface area (Å²) in [6.45, 7) is 9.69. The molecule has 0 amide bonds. The summed E-state index contributed by atoms with van der Waals surface area (Å²) in [4.78, 5) is 0. The van der Waals surface area contributed by atoms with Gasteiger partial charge in [-0.3, -0.25) is 4.68 Å². The summed E-state index contributed by atoms with van der Waals surface area (Å²) >= 11 is 3.59. The Morgan fingerprint density at radius 1 is 1.29 bits per heavy atom. The Bertz CT molecular complexity index is 358. The zero-order chi connectivity index (χ0) is 13.0. The van der Waals surface area contributed by atoms with Gasteiger partial charge in [-0.1, -0.05) is 13.8 Å². The van der Waals surface area contributed by atoms with E-state index in [2.05, 4.69) is 47.1 Å². The van der Waals surface area contributed by atoms with Gasteiger partial charge in [0.15, 0.2) is 0 Å². The van der Waals surface area contributed by atoms with Crippen LogP contribution >= 0.6 is 15.9 Å². The molecule has 0 fully saturated rings. The lowest BCUT2D eigenvalue weighted by Gasteiger charge is -2.15. The van der Waals surface area contributed by atoms with Gasteiger partial charge in [-0.05, 0) is 48.5 Å². The molecule has 0 aromatic carbocycles. The second-order valence-corrected chi connectivity index (χ2v) is 6.02. The van der Waals surface area contributed by atoms with Crippen LogP contribution < -0.4 is 5.32 Å². The molecule has 0 spiro atoms. The molecule has 1 aromatic rings. The lowest BCUT2D eigenvalue weighted by Crippen LogP contribution is -2.27. The van der Waals surface area contributed by atoms with E-state index in [1.807, 2.05) is 18.7 Å². The largest absolute Gasteiger partial charge is 0.309 e. The standard InChI is InChI=1S/C13H24BrN3/c1-9(2)6-7-10(3)15-8-12-13(14)11(4)16-17(12)5/h9-10,15H,6-8H2,1-5H3. The predicted molar refractivity (Wildman–Crippen MR) is 76.0 cm³/mol. The maximum atomic E-state index is 4.39. The minimum absolute atomic E-state index is 0.555. The topological polar surface area (TPSA) is 29.9 Å². The van der Waals surface area contributed by atoms with Crippen molar-refractivity contribution in [1.82, 2.24) is 15.1 Å². The minimum Gasteiger partial charge on any atom is -0.309 e. The molecule has 4 heteroatoms. The lowest BCUT2D eigenvalue weighted by atomic mass is 10.0. The van der Waals surface area contributed by atoms with Crippen LogP contribution in [0.5, 0.6) is 0 Å². The highest BCUT2D eigenvalue weighted by molar-refractivity contribution is 9.10. The fourth-order valence-corrected chi connectivity index (χ4v) is 2.30. The first kappa shape index (κ1) is 14.7. The molecule has 0 aliphatic carbocycles. The summed E-state index contributed by atoms with van der Waals surface area (Å²) in [5.41, 5.74) is 2.28. The zero-order valence-electron chi connectivity index (χ0n) is 11.5. The van der Waals surface area contributed by atoms with E-state index in [4.69, 9.17) is 0 Å². The third-order valence-electron chi connectivity index (χ3n) is 3.06. The molecular weight excluding hydrogens is 278 g/mol. The molecule has 1 aromatic heterocycles. The fraction of sp³-hybridized carbons (Fsp3) is 0.769. The van der Waals surface area contributed by atoms with Crippen molar-refractivity contribution in [3.63, 3.8) is 0 Å². The van der Waals surface area contributed by atoms with Gasteiger partial charge in [-0.2, -0.15) is 5.10 Å². The Hall–Kier alpha value is -0.350. The molecule has 1 atom stereocenters. The van der Waals surface area contributed by atoms with E-state index in [1.165, 1.54) is 18.5 Å². The Morgan fingerprint density at radius 3 is 2.41 bits per heavy atom. The molecule has 0 aliphatic rings. The van der Waals surface area contributed by atoms with Crippen molar-refractivity contribution in [3.8, 4) is 0 Å². The average Bonchev–Trinajstić information content (AvgIpc) is 2.48. The Kier molecular flexibility index (Phi) is 5.67. The first-order valence-electron chi connectivity index (χ1n) is 6.33. The summed E-state index contributed by atoms with van der Waals surface area (Å²) < 4.78 is 3.07. The number of hydrogen-bond donors (Lipinski definition) is 1. The summed E-state index contributed by atoms with van der Waals surface area (Å²) in [6.07, 6.45) is 2.51. The van der Waals surface area contributed by atoms with Gasteiger partial charge in [-0.15, -0.1) is 0 Å². The van der Waals surface area contributed by atoms with Gasteiger partial charge in [-0.25, -0.2) is 0 Å². The predicted octanol–water partition coefficient (Wildman–Crippen LogP) is 3.41. The van der Waals surface area contributed by atoms with E-state index in [1.54, 1.807) is 0 Å². The van der Waals surface area contributed by atoms with E-state index in [-0.39, 0.29) is 0 Å². The number of halogens is 1. The van der Waals surface area contributed by atoms with Crippen LogP contribution in [0, 0.1) is 12.8 Å². The van der Waals surface area contributed by atoms with Crippen molar-refractivity contribution in [2.24, 2.45) is 13.0 Å². The van der Waals surface area contributed by atoms with Gasteiger partial charge in [0.1, 0.15) is 0 Å². The van der Waals surface area contributed by atoms with Gasteiger partial charge in [0, 0.05) is 19.6 Å². The number of hydrogen-bond acceptors (Lipinski definition) is 2. The number of rotatable bonds is 6. The van der Waals surface area contributed by atoms with Crippen LogP contribution in [0.25, 0.3) is 0 Å². The van der Waals surface area contributed by atoms with Crippen LogP contribution in [0.3, 0.4) is 0 Å². The highest BCUT2D eigenvalue weighted by Crippen LogP contribution is 2.20. The normalized spacial score (nSPS) is 13.4. The van der Waals surface area contributed by atoms with Crippen molar-refractivity contribution in [2.75, 3.05) is 0 Å². The molecule has 0 aliphatic heterocycles. The average molecular weight is 302 g/mol. The van der Waals surface area contributed by atoms with Crippen LogP contribution in [0.15, 0.2) is 4.47 Å². The molecule has 0 radical (unpaired) electrons. The molecular formula is C13H24BrN3. The van der Waals surface area contributed by atoms with E-state index in [0.717, 1.165) is 22.6 Å². The molecule has 3 nitrogen and oxygen atoms in total. The summed E-state index contributed by atoms with van der Waals surface area (Å²) in [5.74, 6) is 0.782. The highest BCUT2D eigenvalue weighted by Gasteiger charge is 2.11. The van der Waals surface area contributed by atoms with E-state index in [9.17, 15) is 0 Å². The lowest BCUT2D eigenvalue weighted by molar-refractivity contribution is 0.444. The zero-order valence-corrected chi connectivity index (χ0v) is 13.1. The maximum Gasteiger partial charge on any atom is 0.0739 e. The number of aromatic nitrogens is 2. The molecule has 0 saturated carbocycles. The van der Waals surface area contributed by atoms with E-state index >= 15 is 0 Å². The van der Waals surface area contributed by atoms with Crippen molar-refractivity contribution < 1.29 is 0 Å². The third kappa shape index (κ3) is 4.43. The molecule has 17 heavy (non-hydrogen) atoms. The Labute approximate surface area is 113 Å². The molecule has 0 saturated heterocycles. The van der Waals surface area contributed by atoms with Crippen LogP contribution in [-0.2, 0) is 13.6 Å². The summed E-state index contributed by atoms with van der Waals surface area (Å²) in [6, 6.07) is 0.555. The van der Waals surface area contributed by atoms with Gasteiger partial charge >= 0.3 is 0 Å². The van der Waals surface area contributed by atoms with Crippen molar-refractivity contribution in [2.45, 2.75) is 53.1 Å². The SMILES string of the molecule is Cc1nn(C)c(CNC(C)CCC(C)C)c1Br. The first-order chi connectivity index (χ1) is 7.91. The van der Waals surface area contributed by atoms with E-state index in [0.29, 0.717) is 6.04 Å². The smallest absolute Gasteiger partial charge is 0.0739 e. The first-order valence-corrected chi connectivity index (χ1v) is 7.12. The van der Waals surface area contributed by atoms with Crippen LogP contribution in [-0.4, -0.2) is 15.8 Å². The van der Waals surface area contributed by atoms with Gasteiger partial charge < -0.3 is 5.32 Å². The molecule has 1 rings (SSSR count). The second-order valence-electron chi connectivity index (χ2n) is 5.22. The number of aryl methyl sites for hydroxylation is 2. The Morgan fingerprint density at radius 2 is 1.94 bits per heavy atom. The molecule has 98 valence electrons. The highest BCUT2D eigenvalue weighted by atomic mass is 79.9. The quantitative estimate of drug-likeness (QED) is 0.873. The molecule has 1 N–H and O–H groups in total. The van der Waals surface area contributed by atoms with Crippen LogP contribution in [0.2, 0.25) is 0 Å². The maximum absolute atomic E-state index is 4.39. The molecule has 0 bridgehead atoms. The molecule has 1 unspecified atom stereocenters. The number of nitrogens with zero attached hydrogens (tertiary/aromatic N) is 2. The number of nitrogens with one attached hydrogen (secondary N) is 1. The van der Waals surface area contributed by atoms with E-state index < -0.39 is 0 Å². The van der Waals surface area contributed by atoms with Gasteiger partial charge in [0.2, 0.25) is 0 Å². The second kappa shape index (κ2) is 6.55. The van der Waals surface area contributed by atoms with Gasteiger partial charge in [0.25, 0.3) is 0 Å². The monoisotopic (exact) mass is 301 g/mol. The Balaban J connectivity index is 2.44.